The van der Waals surface area contributed by atoms with Crippen LogP contribution >= 0.6 is 0 Å². The molecule has 0 saturated carbocycles. The highest BCUT2D eigenvalue weighted by Gasteiger charge is 1.95. The Morgan fingerprint density at radius 1 is 1.75 bits per heavy atom. The summed E-state index contributed by atoms with van der Waals surface area (Å²) in [5.74, 6) is -0.183. The zero-order valence-electron chi connectivity index (χ0n) is 7.07. The molecule has 0 spiro atoms. The zero-order valence-corrected chi connectivity index (χ0v) is 7.07. The number of hydrogen-bond donors (Lipinski definition) is 2. The number of nitro groups is 1. The Morgan fingerprint density at radius 2 is 2.33 bits per heavy atom. The normalized spacial score (nSPS) is 10.7. The Bertz CT molecular complexity index is 218. The molecule has 0 aliphatic heterocycles. The van der Waals surface area contributed by atoms with E-state index in [9.17, 15) is 10.1 Å². The SMILES string of the molecule is CC(C)=CCN=C(N)N[N+](=O)[O-]. The highest BCUT2D eigenvalue weighted by atomic mass is 16.7. The van der Waals surface area contributed by atoms with Gasteiger partial charge in [0, 0.05) is 0 Å². The number of hydrazine groups is 1. The van der Waals surface area contributed by atoms with Crippen LogP contribution in [-0.4, -0.2) is 17.5 Å². The summed E-state index contributed by atoms with van der Waals surface area (Å²) >= 11 is 0. The summed E-state index contributed by atoms with van der Waals surface area (Å²) in [4.78, 5) is 13.5. The van der Waals surface area contributed by atoms with Crippen LogP contribution in [0.1, 0.15) is 13.8 Å². The molecule has 6 heteroatoms. The Balaban J connectivity index is 3.85. The van der Waals surface area contributed by atoms with Gasteiger partial charge in [0.2, 0.25) is 0 Å². The van der Waals surface area contributed by atoms with Gasteiger partial charge in [0.15, 0.2) is 5.03 Å². The Morgan fingerprint density at radius 3 is 2.75 bits per heavy atom. The van der Waals surface area contributed by atoms with Crippen LogP contribution in [0.15, 0.2) is 16.6 Å². The first kappa shape index (κ1) is 10.4. The summed E-state index contributed by atoms with van der Waals surface area (Å²) in [5, 5.41) is 9.08. The number of guanidine groups is 1. The van der Waals surface area contributed by atoms with Crippen molar-refractivity contribution in [2.75, 3.05) is 6.54 Å². The molecule has 0 aliphatic rings. The zero-order chi connectivity index (χ0) is 9.56. The monoisotopic (exact) mass is 172 g/mol. The minimum atomic E-state index is -0.749. The second-order valence-corrected chi connectivity index (χ2v) is 2.38. The lowest BCUT2D eigenvalue weighted by Crippen LogP contribution is -2.36. The van der Waals surface area contributed by atoms with Crippen LogP contribution in [-0.2, 0) is 0 Å². The van der Waals surface area contributed by atoms with Crippen LogP contribution in [0.3, 0.4) is 0 Å². The molecule has 3 N–H and O–H groups in total. The first-order chi connectivity index (χ1) is 5.52. The van der Waals surface area contributed by atoms with Crippen molar-refractivity contribution in [1.29, 1.82) is 0 Å². The summed E-state index contributed by atoms with van der Waals surface area (Å²) in [6.45, 7) is 4.17. The molecule has 12 heavy (non-hydrogen) atoms. The number of allylic oxidation sites excluding steroid dienone is 1. The van der Waals surface area contributed by atoms with E-state index in [-0.39, 0.29) is 5.96 Å². The first-order valence-corrected chi connectivity index (χ1v) is 3.36. The van der Waals surface area contributed by atoms with Gasteiger partial charge in [0.25, 0.3) is 5.96 Å². The van der Waals surface area contributed by atoms with Gasteiger partial charge in [-0.1, -0.05) is 17.1 Å². The van der Waals surface area contributed by atoms with Crippen molar-refractivity contribution in [2.45, 2.75) is 13.8 Å². The van der Waals surface area contributed by atoms with Crippen molar-refractivity contribution >= 4 is 5.96 Å². The third kappa shape index (κ3) is 6.53. The fourth-order valence-corrected chi connectivity index (χ4v) is 0.455. The van der Waals surface area contributed by atoms with Crippen molar-refractivity contribution in [3.8, 4) is 0 Å². The van der Waals surface area contributed by atoms with E-state index in [0.29, 0.717) is 6.54 Å². The molecule has 0 aromatic rings. The molecule has 0 rings (SSSR count). The Hall–Kier alpha value is -1.59. The smallest absolute Gasteiger partial charge is 0.251 e. The summed E-state index contributed by atoms with van der Waals surface area (Å²) in [6.07, 6.45) is 1.81. The van der Waals surface area contributed by atoms with Gasteiger partial charge in [0.05, 0.1) is 6.54 Å². The number of aliphatic imine (C=N–C) groups is 1. The number of rotatable bonds is 3. The molecule has 0 amide bonds. The van der Waals surface area contributed by atoms with Crippen molar-refractivity contribution in [3.05, 3.63) is 21.8 Å². The largest absolute Gasteiger partial charge is 0.365 e. The maximum atomic E-state index is 9.82. The molecule has 0 aromatic carbocycles. The molecule has 0 radical (unpaired) electrons. The fourth-order valence-electron chi connectivity index (χ4n) is 0.455. The summed E-state index contributed by atoms with van der Waals surface area (Å²) in [5.41, 5.74) is 7.96. The van der Waals surface area contributed by atoms with Crippen LogP contribution in [0.5, 0.6) is 0 Å². The second kappa shape index (κ2) is 5.11. The van der Waals surface area contributed by atoms with Gasteiger partial charge in [-0.15, -0.1) is 0 Å². The summed E-state index contributed by atoms with van der Waals surface area (Å²) < 4.78 is 0. The molecule has 0 aliphatic carbocycles. The number of nitrogens with zero attached hydrogens (tertiary/aromatic N) is 2. The Labute approximate surface area is 70.3 Å². The molecule has 6 nitrogen and oxygen atoms in total. The van der Waals surface area contributed by atoms with E-state index >= 15 is 0 Å². The van der Waals surface area contributed by atoms with Gasteiger partial charge in [-0.05, 0) is 13.8 Å². The molecule has 0 aromatic heterocycles. The molecular weight excluding hydrogens is 160 g/mol. The average Bonchev–Trinajstić information content (AvgIpc) is 1.84. The maximum Gasteiger partial charge on any atom is 0.251 e. The third-order valence-electron chi connectivity index (χ3n) is 0.967. The van der Waals surface area contributed by atoms with E-state index in [4.69, 9.17) is 5.73 Å². The third-order valence-corrected chi connectivity index (χ3v) is 0.967. The van der Waals surface area contributed by atoms with E-state index in [2.05, 4.69) is 4.99 Å². The predicted molar refractivity (Wildman–Crippen MR) is 46.1 cm³/mol. The van der Waals surface area contributed by atoms with Crippen LogP contribution < -0.4 is 11.2 Å². The van der Waals surface area contributed by atoms with Crippen LogP contribution in [0.25, 0.3) is 0 Å². The molecule has 68 valence electrons. The van der Waals surface area contributed by atoms with E-state index < -0.39 is 5.03 Å². The minimum absolute atomic E-state index is 0.183. The van der Waals surface area contributed by atoms with Gasteiger partial charge >= 0.3 is 0 Å². The lowest BCUT2D eigenvalue weighted by Gasteiger charge is -1.93. The average molecular weight is 172 g/mol. The Kier molecular flexibility index (Phi) is 4.43. The number of nitrogens with two attached hydrogens (primary N) is 1. The van der Waals surface area contributed by atoms with Crippen LogP contribution in [0, 0.1) is 10.1 Å². The van der Waals surface area contributed by atoms with Crippen LogP contribution in [0.2, 0.25) is 0 Å². The minimum Gasteiger partial charge on any atom is -0.365 e. The predicted octanol–water partition coefficient (Wildman–Crippen LogP) is 0.0486. The molecule has 0 unspecified atom stereocenters. The van der Waals surface area contributed by atoms with Crippen molar-refractivity contribution < 1.29 is 5.03 Å². The van der Waals surface area contributed by atoms with E-state index in [1.807, 2.05) is 19.9 Å². The fraction of sp³-hybridized carbons (Fsp3) is 0.500. The topological polar surface area (TPSA) is 93.5 Å². The van der Waals surface area contributed by atoms with E-state index in [1.54, 1.807) is 5.43 Å². The molecule has 0 fully saturated rings. The standard InChI is InChI=1S/C6H12N4O2/c1-5(2)3-4-8-6(7)9-10(11)12/h3H,4H2,1-2H3,(H3,7,8,9). The second-order valence-electron chi connectivity index (χ2n) is 2.38. The molecule has 0 atom stereocenters. The maximum absolute atomic E-state index is 9.82. The lowest BCUT2D eigenvalue weighted by atomic mass is 10.3. The van der Waals surface area contributed by atoms with Crippen molar-refractivity contribution in [1.82, 2.24) is 5.43 Å². The molecule has 0 heterocycles. The quantitative estimate of drug-likeness (QED) is 0.207. The van der Waals surface area contributed by atoms with Crippen molar-refractivity contribution in [2.24, 2.45) is 10.7 Å². The summed E-state index contributed by atoms with van der Waals surface area (Å²) in [6, 6.07) is 0. The highest BCUT2D eigenvalue weighted by Crippen LogP contribution is 1.87. The van der Waals surface area contributed by atoms with Gasteiger partial charge in [-0.25, -0.2) is 15.1 Å². The van der Waals surface area contributed by atoms with Gasteiger partial charge in [0.1, 0.15) is 0 Å². The van der Waals surface area contributed by atoms with Gasteiger partial charge in [-0.3, -0.25) is 0 Å². The highest BCUT2D eigenvalue weighted by molar-refractivity contribution is 5.76. The van der Waals surface area contributed by atoms with Crippen LogP contribution in [0.4, 0.5) is 0 Å². The molecule has 0 bridgehead atoms. The summed E-state index contributed by atoms with van der Waals surface area (Å²) in [7, 11) is 0. The number of hydrogen-bond acceptors (Lipinski definition) is 3. The molecule has 0 saturated heterocycles. The lowest BCUT2D eigenvalue weighted by molar-refractivity contribution is -0.525. The first-order valence-electron chi connectivity index (χ1n) is 3.36. The molecular formula is C6H12N4O2. The van der Waals surface area contributed by atoms with Gasteiger partial charge < -0.3 is 5.73 Å². The van der Waals surface area contributed by atoms with Crippen molar-refractivity contribution in [3.63, 3.8) is 0 Å². The van der Waals surface area contributed by atoms with E-state index in [1.165, 1.54) is 0 Å². The number of nitrogens with one attached hydrogen (secondary N) is 1. The van der Waals surface area contributed by atoms with Gasteiger partial charge in [-0.2, -0.15) is 0 Å². The van der Waals surface area contributed by atoms with E-state index in [0.717, 1.165) is 5.57 Å².